The summed E-state index contributed by atoms with van der Waals surface area (Å²) in [5, 5.41) is 5.37. The molecule has 1 aliphatic carbocycles. The third-order valence-corrected chi connectivity index (χ3v) is 4.81. The topological polar surface area (TPSA) is 106 Å². The van der Waals surface area contributed by atoms with Crippen LogP contribution in [-0.4, -0.2) is 33.4 Å². The lowest BCUT2D eigenvalue weighted by molar-refractivity contribution is 0.237. The summed E-state index contributed by atoms with van der Waals surface area (Å²) in [6.45, 7) is 0. The fourth-order valence-electron chi connectivity index (χ4n) is 2.93. The Morgan fingerprint density at radius 2 is 2.04 bits per heavy atom. The molecule has 1 saturated carbocycles. The van der Waals surface area contributed by atoms with Crippen LogP contribution >= 0.6 is 0 Å². The molecule has 9 heteroatoms. The maximum atomic E-state index is 12.2. The highest BCUT2D eigenvalue weighted by Gasteiger charge is 2.29. The molecule has 8 nitrogen and oxygen atoms in total. The van der Waals surface area contributed by atoms with E-state index in [1.807, 2.05) is 0 Å². The molecule has 1 aromatic rings. The number of hydrogen-bond acceptors (Lipinski definition) is 5. The van der Waals surface area contributed by atoms with E-state index in [0.29, 0.717) is 11.3 Å². The van der Waals surface area contributed by atoms with Gasteiger partial charge in [-0.05, 0) is 25.0 Å². The Balaban J connectivity index is 1.83. The minimum atomic E-state index is -4.16. The molecule has 0 atom stereocenters. The van der Waals surface area contributed by atoms with Crippen molar-refractivity contribution in [1.82, 2.24) is 10.6 Å². The molecule has 1 aliphatic heterocycles. The van der Waals surface area contributed by atoms with E-state index in [9.17, 15) is 13.2 Å². The van der Waals surface area contributed by atoms with Crippen LogP contribution < -0.4 is 19.6 Å². The zero-order valence-corrected chi connectivity index (χ0v) is 14.1. The zero-order chi connectivity index (χ0) is 17.2. The van der Waals surface area contributed by atoms with Gasteiger partial charge in [0.25, 0.3) is 0 Å². The highest BCUT2D eigenvalue weighted by atomic mass is 32.2. The van der Waals surface area contributed by atoms with Gasteiger partial charge in [-0.15, -0.1) is 4.40 Å². The lowest BCUT2D eigenvalue weighted by Gasteiger charge is -2.24. The third kappa shape index (κ3) is 3.61. The van der Waals surface area contributed by atoms with E-state index in [2.05, 4.69) is 15.0 Å². The van der Waals surface area contributed by atoms with Gasteiger partial charge >= 0.3 is 16.3 Å². The minimum Gasteiger partial charge on any atom is -0.496 e. The standard InChI is InChI=1S/C15H19N3O5S/c1-22-11-8-5-9-12-13(11)14(18-24(20,21)23-12)17-15(19)16-10-6-3-2-4-7-10/h5,8-10H,2-4,6-7H2,1H3,(H2,16,17,18,19). The van der Waals surface area contributed by atoms with E-state index in [-0.39, 0.29) is 17.6 Å². The number of methoxy groups -OCH3 is 1. The van der Waals surface area contributed by atoms with Crippen LogP contribution in [0.4, 0.5) is 4.79 Å². The molecular weight excluding hydrogens is 334 g/mol. The molecule has 2 amide bonds. The maximum absolute atomic E-state index is 12.2. The summed E-state index contributed by atoms with van der Waals surface area (Å²) in [7, 11) is -2.72. The molecule has 0 saturated heterocycles. The Labute approximate surface area is 140 Å². The molecule has 0 spiro atoms. The van der Waals surface area contributed by atoms with Crippen molar-refractivity contribution < 1.29 is 22.1 Å². The number of nitrogens with one attached hydrogen (secondary N) is 2. The SMILES string of the molecule is COc1cccc2c1C(NC(=O)NC1CCCCC1)=NS(=O)(=O)O2. The van der Waals surface area contributed by atoms with Crippen molar-refractivity contribution in [2.24, 2.45) is 4.40 Å². The molecule has 24 heavy (non-hydrogen) atoms. The predicted molar refractivity (Wildman–Crippen MR) is 87.6 cm³/mol. The number of carbonyl (C=O) groups excluding carboxylic acids is 1. The van der Waals surface area contributed by atoms with Crippen molar-refractivity contribution in [2.75, 3.05) is 7.11 Å². The van der Waals surface area contributed by atoms with E-state index in [4.69, 9.17) is 8.92 Å². The van der Waals surface area contributed by atoms with Crippen LogP contribution in [-0.2, 0) is 10.3 Å². The van der Waals surface area contributed by atoms with E-state index >= 15 is 0 Å². The molecule has 0 radical (unpaired) electrons. The van der Waals surface area contributed by atoms with E-state index in [0.717, 1.165) is 25.7 Å². The van der Waals surface area contributed by atoms with Gasteiger partial charge in [-0.25, -0.2) is 4.79 Å². The molecule has 0 bridgehead atoms. The summed E-state index contributed by atoms with van der Waals surface area (Å²) in [4.78, 5) is 12.2. The van der Waals surface area contributed by atoms with Gasteiger partial charge in [0, 0.05) is 6.04 Å². The van der Waals surface area contributed by atoms with Crippen LogP contribution in [0.25, 0.3) is 0 Å². The monoisotopic (exact) mass is 353 g/mol. The number of amidine groups is 1. The van der Waals surface area contributed by atoms with Crippen LogP contribution in [0, 0.1) is 0 Å². The molecule has 2 N–H and O–H groups in total. The van der Waals surface area contributed by atoms with E-state index < -0.39 is 16.3 Å². The lowest BCUT2D eigenvalue weighted by atomic mass is 9.96. The van der Waals surface area contributed by atoms with Crippen molar-refractivity contribution in [1.29, 1.82) is 0 Å². The largest absolute Gasteiger partial charge is 0.496 e. The number of fused-ring (bicyclic) bond motifs is 1. The van der Waals surface area contributed by atoms with Crippen LogP contribution in [0.3, 0.4) is 0 Å². The van der Waals surface area contributed by atoms with Crippen molar-refractivity contribution in [3.8, 4) is 11.5 Å². The van der Waals surface area contributed by atoms with Gasteiger partial charge in [0.15, 0.2) is 11.6 Å². The Morgan fingerprint density at radius 3 is 2.75 bits per heavy atom. The fourth-order valence-corrected chi connectivity index (χ4v) is 3.70. The first-order valence-corrected chi connectivity index (χ1v) is 9.14. The van der Waals surface area contributed by atoms with Crippen LogP contribution in [0.5, 0.6) is 11.5 Å². The number of amides is 2. The first-order chi connectivity index (χ1) is 11.5. The van der Waals surface area contributed by atoms with Crippen molar-refractivity contribution in [2.45, 2.75) is 38.1 Å². The number of carbonyl (C=O) groups is 1. The maximum Gasteiger partial charge on any atom is 0.430 e. The minimum absolute atomic E-state index is 0.0670. The summed E-state index contributed by atoms with van der Waals surface area (Å²) >= 11 is 0. The first kappa shape index (κ1) is 16.6. The van der Waals surface area contributed by atoms with E-state index in [1.54, 1.807) is 12.1 Å². The number of ether oxygens (including phenoxy) is 1. The summed E-state index contributed by atoms with van der Waals surface area (Å²) in [5.74, 6) is 0.318. The average molecular weight is 353 g/mol. The van der Waals surface area contributed by atoms with Crippen LogP contribution in [0.1, 0.15) is 37.7 Å². The third-order valence-electron chi connectivity index (χ3n) is 4.02. The average Bonchev–Trinajstić information content (AvgIpc) is 2.53. The van der Waals surface area contributed by atoms with Gasteiger partial charge in [0.05, 0.1) is 7.11 Å². The van der Waals surface area contributed by atoms with Gasteiger partial charge in [-0.3, -0.25) is 5.32 Å². The number of rotatable bonds is 2. The number of nitrogens with zero attached hydrogens (tertiary/aromatic N) is 1. The molecule has 1 fully saturated rings. The van der Waals surface area contributed by atoms with Gasteiger partial charge in [-0.1, -0.05) is 25.3 Å². The molecule has 3 rings (SSSR count). The van der Waals surface area contributed by atoms with Crippen molar-refractivity contribution >= 4 is 22.2 Å². The van der Waals surface area contributed by atoms with Gasteiger partial charge in [0.2, 0.25) is 0 Å². The highest BCUT2D eigenvalue weighted by molar-refractivity contribution is 7.86. The summed E-state index contributed by atoms with van der Waals surface area (Å²) in [6, 6.07) is 4.31. The number of benzene rings is 1. The Kier molecular flexibility index (Phi) is 4.61. The molecular formula is C15H19N3O5S. The van der Waals surface area contributed by atoms with Crippen LogP contribution in [0.2, 0.25) is 0 Å². The molecule has 2 aliphatic rings. The second kappa shape index (κ2) is 6.68. The fraction of sp³-hybridized carbons (Fsp3) is 0.467. The highest BCUT2D eigenvalue weighted by Crippen LogP contribution is 2.32. The first-order valence-electron chi connectivity index (χ1n) is 7.78. The molecule has 1 aromatic carbocycles. The summed E-state index contributed by atoms with van der Waals surface area (Å²) in [6.07, 6.45) is 5.16. The smallest absolute Gasteiger partial charge is 0.430 e. The van der Waals surface area contributed by atoms with Crippen molar-refractivity contribution in [3.05, 3.63) is 23.8 Å². The van der Waals surface area contributed by atoms with Gasteiger partial charge in [-0.2, -0.15) is 8.42 Å². The lowest BCUT2D eigenvalue weighted by Crippen LogP contribution is -2.46. The van der Waals surface area contributed by atoms with Gasteiger partial charge < -0.3 is 14.2 Å². The predicted octanol–water partition coefficient (Wildman–Crippen LogP) is 1.71. The zero-order valence-electron chi connectivity index (χ0n) is 13.2. The van der Waals surface area contributed by atoms with Crippen molar-refractivity contribution in [3.63, 3.8) is 0 Å². The normalized spacial score (nSPS) is 19.5. The Morgan fingerprint density at radius 1 is 1.29 bits per heavy atom. The second-order valence-electron chi connectivity index (χ2n) is 5.72. The molecule has 130 valence electrons. The number of urea groups is 1. The Bertz CT molecular complexity index is 769. The summed E-state index contributed by atoms with van der Waals surface area (Å²) in [5.41, 5.74) is 0.300. The quantitative estimate of drug-likeness (QED) is 0.842. The Hall–Kier alpha value is -2.29. The molecule has 0 unspecified atom stereocenters. The number of hydrogen-bond donors (Lipinski definition) is 2. The second-order valence-corrected chi connectivity index (χ2v) is 6.92. The molecule has 0 aromatic heterocycles. The van der Waals surface area contributed by atoms with Gasteiger partial charge in [0.1, 0.15) is 11.3 Å². The summed E-state index contributed by atoms with van der Waals surface area (Å²) < 4.78 is 37.1. The van der Waals surface area contributed by atoms with Crippen LogP contribution in [0.15, 0.2) is 22.6 Å². The van der Waals surface area contributed by atoms with E-state index in [1.165, 1.54) is 19.6 Å². The molecule has 1 heterocycles.